The lowest BCUT2D eigenvalue weighted by Gasteiger charge is -2.16. The van der Waals surface area contributed by atoms with Crippen LogP contribution in [-0.2, 0) is 14.2 Å². The van der Waals surface area contributed by atoms with Crippen LogP contribution in [0.1, 0.15) is 78.6 Å². The van der Waals surface area contributed by atoms with E-state index in [2.05, 4.69) is 24.8 Å². The van der Waals surface area contributed by atoms with Gasteiger partial charge in [0.05, 0.1) is 12.9 Å². The van der Waals surface area contributed by atoms with E-state index in [1.54, 1.807) is 12.3 Å². The van der Waals surface area contributed by atoms with Crippen LogP contribution >= 0.6 is 0 Å². The van der Waals surface area contributed by atoms with Gasteiger partial charge in [-0.15, -0.1) is 0 Å². The molecule has 25 heavy (non-hydrogen) atoms. The predicted octanol–water partition coefficient (Wildman–Crippen LogP) is 5.76. The van der Waals surface area contributed by atoms with Crippen molar-refractivity contribution in [3.05, 3.63) is 24.5 Å². The summed E-state index contributed by atoms with van der Waals surface area (Å²) < 4.78 is 16.5. The van der Waals surface area contributed by atoms with E-state index in [-0.39, 0.29) is 6.10 Å². The molecule has 0 aromatic carbocycles. The quantitative estimate of drug-likeness (QED) is 0.255. The van der Waals surface area contributed by atoms with Crippen LogP contribution in [0.3, 0.4) is 0 Å². The summed E-state index contributed by atoms with van der Waals surface area (Å²) in [4.78, 5) is 0. The smallest absolute Gasteiger partial charge is 0.163 e. The maximum Gasteiger partial charge on any atom is 0.163 e. The molecule has 0 unspecified atom stereocenters. The number of hydrogen-bond acceptors (Lipinski definition) is 3. The minimum atomic E-state index is -0.489. The molecule has 1 saturated heterocycles. The van der Waals surface area contributed by atoms with Gasteiger partial charge < -0.3 is 14.2 Å². The molecule has 1 aliphatic heterocycles. The van der Waals surface area contributed by atoms with Gasteiger partial charge in [-0.25, -0.2) is 0 Å². The molecular weight excluding hydrogens is 312 g/mol. The summed E-state index contributed by atoms with van der Waals surface area (Å²) in [7, 11) is 0. The topological polar surface area (TPSA) is 27.7 Å². The van der Waals surface area contributed by atoms with Crippen molar-refractivity contribution in [2.24, 2.45) is 0 Å². The van der Waals surface area contributed by atoms with E-state index in [9.17, 15) is 0 Å². The molecule has 1 heterocycles. The molecule has 0 spiro atoms. The van der Waals surface area contributed by atoms with Gasteiger partial charge in [0.25, 0.3) is 0 Å². The molecule has 0 amide bonds. The molecule has 0 N–H and O–H groups in total. The Bertz CT molecular complexity index is 440. The fraction of sp³-hybridized carbons (Fsp3) is 0.727. The van der Waals surface area contributed by atoms with E-state index in [0.717, 1.165) is 6.42 Å². The van der Waals surface area contributed by atoms with Crippen LogP contribution in [0.25, 0.3) is 0 Å². The molecule has 0 aromatic rings. The summed E-state index contributed by atoms with van der Waals surface area (Å²) >= 11 is 0. The molecule has 142 valence electrons. The second-order valence-electron chi connectivity index (χ2n) is 7.04. The van der Waals surface area contributed by atoms with Crippen molar-refractivity contribution in [3.8, 4) is 11.8 Å². The summed E-state index contributed by atoms with van der Waals surface area (Å²) in [6.45, 7) is 7.16. The Kier molecular flexibility index (Phi) is 12.2. The number of rotatable bonds is 12. The number of hydrogen-bond donors (Lipinski definition) is 0. The van der Waals surface area contributed by atoms with Crippen LogP contribution in [0, 0.1) is 11.8 Å². The van der Waals surface area contributed by atoms with Gasteiger partial charge in [-0.1, -0.05) is 69.8 Å². The third kappa shape index (κ3) is 12.7. The van der Waals surface area contributed by atoms with E-state index < -0.39 is 5.79 Å². The van der Waals surface area contributed by atoms with Crippen molar-refractivity contribution >= 4 is 0 Å². The molecule has 0 radical (unpaired) electrons. The fourth-order valence-corrected chi connectivity index (χ4v) is 2.72. The summed E-state index contributed by atoms with van der Waals surface area (Å²) in [6, 6.07) is 0. The number of unbranched alkanes of at least 4 members (excludes halogenated alkanes) is 8. The minimum Gasteiger partial charge on any atom is -0.498 e. The molecule has 3 nitrogen and oxygen atoms in total. The molecule has 1 atom stereocenters. The Labute approximate surface area is 154 Å². The lowest BCUT2D eigenvalue weighted by Crippen LogP contribution is -2.23. The van der Waals surface area contributed by atoms with Crippen molar-refractivity contribution < 1.29 is 14.2 Å². The molecule has 0 saturated carbocycles. The lowest BCUT2D eigenvalue weighted by molar-refractivity contribution is -0.142. The van der Waals surface area contributed by atoms with Gasteiger partial charge in [-0.3, -0.25) is 0 Å². The first-order chi connectivity index (χ1) is 12.1. The minimum absolute atomic E-state index is 0.000787. The average Bonchev–Trinajstić information content (AvgIpc) is 2.93. The average molecular weight is 349 g/mol. The Morgan fingerprint density at radius 2 is 1.68 bits per heavy atom. The second kappa shape index (κ2) is 14.0. The monoisotopic (exact) mass is 348 g/mol. The van der Waals surface area contributed by atoms with E-state index >= 15 is 0 Å². The van der Waals surface area contributed by atoms with Gasteiger partial charge in [0.15, 0.2) is 5.79 Å². The summed E-state index contributed by atoms with van der Waals surface area (Å²) in [5, 5.41) is 0. The van der Waals surface area contributed by atoms with Crippen LogP contribution in [-0.4, -0.2) is 25.1 Å². The fourth-order valence-electron chi connectivity index (χ4n) is 2.72. The van der Waals surface area contributed by atoms with E-state index in [1.165, 1.54) is 51.4 Å². The van der Waals surface area contributed by atoms with Crippen LogP contribution in [0.2, 0.25) is 0 Å². The Hall–Kier alpha value is -1.24. The Morgan fingerprint density at radius 3 is 2.36 bits per heavy atom. The van der Waals surface area contributed by atoms with Crippen molar-refractivity contribution in [1.82, 2.24) is 0 Å². The largest absolute Gasteiger partial charge is 0.498 e. The molecule has 3 heteroatoms. The molecule has 1 rings (SSSR count). The van der Waals surface area contributed by atoms with Crippen LogP contribution in [0.4, 0.5) is 0 Å². The van der Waals surface area contributed by atoms with Crippen molar-refractivity contribution in [2.45, 2.75) is 90.4 Å². The first kappa shape index (κ1) is 21.8. The first-order valence-corrected chi connectivity index (χ1v) is 9.88. The predicted molar refractivity (Wildman–Crippen MR) is 104 cm³/mol. The standard InChI is InChI=1S/C22H36O3/c1-4-5-6-7-8-9-10-11-12-13-14-15-16-17-18-23-19-21-20-24-22(2,3)25-21/h13-14,17-18,21H,4-12,19-20H2,1-3H3/b14-13-,18-17-/t21-/m1/s1. The number of allylic oxidation sites excluding steroid dienone is 3. The van der Waals surface area contributed by atoms with Gasteiger partial charge in [0.2, 0.25) is 0 Å². The van der Waals surface area contributed by atoms with Crippen LogP contribution < -0.4 is 0 Å². The summed E-state index contributed by atoms with van der Waals surface area (Å²) in [5.41, 5.74) is 0. The molecule has 0 aliphatic carbocycles. The molecule has 0 bridgehead atoms. The third-order valence-electron chi connectivity index (χ3n) is 4.11. The Balaban J connectivity index is 1.92. The van der Waals surface area contributed by atoms with E-state index in [1.807, 2.05) is 19.9 Å². The normalized spacial score (nSPS) is 19.4. The molecule has 0 aromatic heterocycles. The maximum atomic E-state index is 5.64. The third-order valence-corrected chi connectivity index (χ3v) is 4.11. The van der Waals surface area contributed by atoms with Gasteiger partial charge in [0, 0.05) is 6.08 Å². The van der Waals surface area contributed by atoms with Gasteiger partial charge in [0.1, 0.15) is 12.7 Å². The van der Waals surface area contributed by atoms with Crippen molar-refractivity contribution in [3.63, 3.8) is 0 Å². The van der Waals surface area contributed by atoms with Gasteiger partial charge in [-0.05, 0) is 32.8 Å². The van der Waals surface area contributed by atoms with E-state index in [0.29, 0.717) is 13.2 Å². The SMILES string of the molecule is CCCCCCCCCC/C=C\C#C/C=C\OC[C@@H]1COC(C)(C)O1. The number of ether oxygens (including phenoxy) is 3. The molecule has 1 fully saturated rings. The zero-order chi connectivity index (χ0) is 18.2. The zero-order valence-corrected chi connectivity index (χ0v) is 16.4. The summed E-state index contributed by atoms with van der Waals surface area (Å²) in [6.07, 6.45) is 19.5. The van der Waals surface area contributed by atoms with E-state index in [4.69, 9.17) is 14.2 Å². The van der Waals surface area contributed by atoms with Crippen LogP contribution in [0.15, 0.2) is 24.5 Å². The van der Waals surface area contributed by atoms with Gasteiger partial charge >= 0.3 is 0 Å². The lowest BCUT2D eigenvalue weighted by atomic mass is 10.1. The van der Waals surface area contributed by atoms with Gasteiger partial charge in [-0.2, -0.15) is 0 Å². The Morgan fingerprint density at radius 1 is 1.00 bits per heavy atom. The maximum absolute atomic E-state index is 5.64. The highest BCUT2D eigenvalue weighted by Crippen LogP contribution is 2.22. The highest BCUT2D eigenvalue weighted by molar-refractivity contribution is 5.22. The second-order valence-corrected chi connectivity index (χ2v) is 7.04. The zero-order valence-electron chi connectivity index (χ0n) is 16.4. The summed E-state index contributed by atoms with van der Waals surface area (Å²) in [5.74, 6) is 5.45. The molecular formula is C22H36O3. The first-order valence-electron chi connectivity index (χ1n) is 9.88. The highest BCUT2D eigenvalue weighted by Gasteiger charge is 2.32. The van der Waals surface area contributed by atoms with Crippen molar-refractivity contribution in [2.75, 3.05) is 13.2 Å². The highest BCUT2D eigenvalue weighted by atomic mass is 16.7. The molecule has 1 aliphatic rings. The van der Waals surface area contributed by atoms with Crippen molar-refractivity contribution in [1.29, 1.82) is 0 Å². The van der Waals surface area contributed by atoms with Crippen LogP contribution in [0.5, 0.6) is 0 Å².